The van der Waals surface area contributed by atoms with E-state index in [0.29, 0.717) is 0 Å². The molecule has 0 aromatic heterocycles. The summed E-state index contributed by atoms with van der Waals surface area (Å²) in [6.07, 6.45) is 5.68. The van der Waals surface area contributed by atoms with E-state index in [2.05, 4.69) is 12.1 Å². The lowest BCUT2D eigenvalue weighted by Crippen LogP contribution is -2.21. The molecule has 0 aliphatic heterocycles. The minimum atomic E-state index is -1.78. The summed E-state index contributed by atoms with van der Waals surface area (Å²) >= 11 is 16.4. The molecule has 2 nitrogen and oxygen atoms in total. The number of rotatable bonds is 5. The molecule has 0 bridgehead atoms. The van der Waals surface area contributed by atoms with Crippen LogP contribution in [0.25, 0.3) is 0 Å². The van der Waals surface area contributed by atoms with Gasteiger partial charge in [-0.3, -0.25) is 5.41 Å². The van der Waals surface area contributed by atoms with Crippen LogP contribution in [-0.4, -0.2) is 16.3 Å². The van der Waals surface area contributed by atoms with Crippen molar-refractivity contribution in [2.45, 2.75) is 16.6 Å². The second kappa shape index (κ2) is 7.67. The first kappa shape index (κ1) is 15.4. The largest absolute Gasteiger partial charge is 0.474 e. The van der Waals surface area contributed by atoms with E-state index < -0.39 is 3.79 Å². The van der Waals surface area contributed by atoms with Gasteiger partial charge in [-0.2, -0.15) is 0 Å². The zero-order valence-electron chi connectivity index (χ0n) is 9.70. The first-order chi connectivity index (χ1) is 8.50. The van der Waals surface area contributed by atoms with Gasteiger partial charge in [0.15, 0.2) is 0 Å². The molecule has 1 rings (SSSR count). The van der Waals surface area contributed by atoms with Gasteiger partial charge in [0.25, 0.3) is 3.79 Å². The number of hydrogen-bond donors (Lipinski definition) is 1. The molecule has 98 valence electrons. The van der Waals surface area contributed by atoms with Gasteiger partial charge >= 0.3 is 0 Å². The summed E-state index contributed by atoms with van der Waals surface area (Å²) in [7, 11) is 0. The third-order valence-electron chi connectivity index (χ3n) is 2.19. The van der Waals surface area contributed by atoms with Gasteiger partial charge in [0, 0.05) is 0 Å². The van der Waals surface area contributed by atoms with Crippen molar-refractivity contribution in [2.24, 2.45) is 0 Å². The van der Waals surface area contributed by atoms with Crippen molar-refractivity contribution in [3.8, 4) is 0 Å². The molecular formula is C13H14Cl3NO. The Labute approximate surface area is 122 Å². The fourth-order valence-corrected chi connectivity index (χ4v) is 1.46. The molecule has 0 unspecified atom stereocenters. The predicted octanol–water partition coefficient (Wildman–Crippen LogP) is 4.54. The third kappa shape index (κ3) is 6.29. The van der Waals surface area contributed by atoms with Crippen molar-refractivity contribution in [3.63, 3.8) is 0 Å². The summed E-state index contributed by atoms with van der Waals surface area (Å²) in [5, 5.41) is 7.30. The molecule has 0 saturated carbocycles. The van der Waals surface area contributed by atoms with E-state index in [-0.39, 0.29) is 12.5 Å². The van der Waals surface area contributed by atoms with E-state index in [1.54, 1.807) is 0 Å². The number of nitrogens with one attached hydrogen (secondary N) is 1. The lowest BCUT2D eigenvalue weighted by atomic mass is 10.1. The summed E-state index contributed by atoms with van der Waals surface area (Å²) in [4.78, 5) is 0. The van der Waals surface area contributed by atoms with Gasteiger partial charge in [0.2, 0.25) is 5.90 Å². The first-order valence-corrected chi connectivity index (χ1v) is 6.61. The average Bonchev–Trinajstić information content (AvgIpc) is 2.33. The summed E-state index contributed by atoms with van der Waals surface area (Å²) < 4.78 is 3.18. The van der Waals surface area contributed by atoms with Crippen LogP contribution in [0.2, 0.25) is 0 Å². The highest BCUT2D eigenvalue weighted by Crippen LogP contribution is 2.27. The number of halogens is 3. The average molecular weight is 307 g/mol. The van der Waals surface area contributed by atoms with E-state index in [0.717, 1.165) is 12.8 Å². The molecule has 0 radical (unpaired) electrons. The monoisotopic (exact) mass is 305 g/mol. The minimum absolute atomic E-state index is 0.238. The Balaban J connectivity index is 2.17. The van der Waals surface area contributed by atoms with Crippen molar-refractivity contribution >= 4 is 40.7 Å². The predicted molar refractivity (Wildman–Crippen MR) is 77.9 cm³/mol. The number of hydrogen-bond acceptors (Lipinski definition) is 2. The second-order valence-electron chi connectivity index (χ2n) is 3.63. The molecule has 1 aromatic carbocycles. The van der Waals surface area contributed by atoms with Gasteiger partial charge in [-0.05, 0) is 18.4 Å². The highest BCUT2D eigenvalue weighted by Gasteiger charge is 2.28. The molecule has 0 atom stereocenters. The van der Waals surface area contributed by atoms with Crippen molar-refractivity contribution in [1.29, 1.82) is 5.41 Å². The maximum atomic E-state index is 7.30. The van der Waals surface area contributed by atoms with Crippen molar-refractivity contribution in [2.75, 3.05) is 6.61 Å². The molecule has 0 heterocycles. The molecular weight excluding hydrogens is 293 g/mol. The zero-order valence-corrected chi connectivity index (χ0v) is 12.0. The van der Waals surface area contributed by atoms with Gasteiger partial charge in [-0.15, -0.1) is 0 Å². The number of ether oxygens (including phenoxy) is 1. The normalized spacial score (nSPS) is 11.7. The quantitative estimate of drug-likeness (QED) is 0.368. The minimum Gasteiger partial charge on any atom is -0.474 e. The standard InChI is InChI=1S/C13H14Cl3NO/c14-13(15,16)12(17)18-10-6-2-5-9-11-7-3-1-4-8-11/h1-4,6-8,17H,5,9-10H2/b6-2+,17-12?. The molecule has 0 spiro atoms. The Kier molecular flexibility index (Phi) is 6.55. The summed E-state index contributed by atoms with van der Waals surface area (Å²) in [5.41, 5.74) is 1.29. The van der Waals surface area contributed by atoms with Crippen molar-refractivity contribution in [3.05, 3.63) is 48.0 Å². The highest BCUT2D eigenvalue weighted by molar-refractivity contribution is 6.76. The Morgan fingerprint density at radius 3 is 2.44 bits per heavy atom. The number of benzene rings is 1. The van der Waals surface area contributed by atoms with Gasteiger partial charge in [-0.1, -0.05) is 77.3 Å². The second-order valence-corrected chi connectivity index (χ2v) is 5.91. The van der Waals surface area contributed by atoms with Gasteiger partial charge in [-0.25, -0.2) is 0 Å². The van der Waals surface area contributed by atoms with Crippen LogP contribution < -0.4 is 0 Å². The topological polar surface area (TPSA) is 33.1 Å². The summed E-state index contributed by atoms with van der Waals surface area (Å²) in [6.45, 7) is 0.238. The van der Waals surface area contributed by atoms with E-state index in [1.807, 2.05) is 30.4 Å². The van der Waals surface area contributed by atoms with Gasteiger partial charge < -0.3 is 4.74 Å². The highest BCUT2D eigenvalue weighted by atomic mass is 35.6. The lowest BCUT2D eigenvalue weighted by molar-refractivity contribution is 0.339. The van der Waals surface area contributed by atoms with Crippen LogP contribution in [0, 0.1) is 5.41 Å². The molecule has 1 aromatic rings. The Bertz CT molecular complexity index is 398. The number of alkyl halides is 3. The van der Waals surface area contributed by atoms with Crippen LogP contribution in [0.3, 0.4) is 0 Å². The van der Waals surface area contributed by atoms with Crippen LogP contribution in [0.5, 0.6) is 0 Å². The zero-order chi connectivity index (χ0) is 13.4. The Morgan fingerprint density at radius 2 is 1.83 bits per heavy atom. The first-order valence-electron chi connectivity index (χ1n) is 5.47. The fraction of sp³-hybridized carbons (Fsp3) is 0.308. The molecule has 0 saturated heterocycles. The molecule has 0 aliphatic carbocycles. The van der Waals surface area contributed by atoms with E-state index in [1.165, 1.54) is 5.56 Å². The van der Waals surface area contributed by atoms with E-state index >= 15 is 0 Å². The maximum absolute atomic E-state index is 7.30. The van der Waals surface area contributed by atoms with Crippen molar-refractivity contribution < 1.29 is 4.74 Å². The summed E-state index contributed by atoms with van der Waals surface area (Å²) in [5.74, 6) is -0.361. The van der Waals surface area contributed by atoms with E-state index in [4.69, 9.17) is 44.9 Å². The molecule has 18 heavy (non-hydrogen) atoms. The number of aryl methyl sites for hydroxylation is 1. The van der Waals surface area contributed by atoms with Crippen LogP contribution in [-0.2, 0) is 11.2 Å². The molecule has 0 amide bonds. The Hall–Kier alpha value is -0.700. The smallest absolute Gasteiger partial charge is 0.265 e. The van der Waals surface area contributed by atoms with Crippen LogP contribution in [0.1, 0.15) is 12.0 Å². The number of allylic oxidation sites excluding steroid dienone is 1. The van der Waals surface area contributed by atoms with E-state index in [9.17, 15) is 0 Å². The SMILES string of the molecule is N=C(OC/C=C/CCc1ccccc1)C(Cl)(Cl)Cl. The molecule has 0 aliphatic rings. The summed E-state index contributed by atoms with van der Waals surface area (Å²) in [6, 6.07) is 10.2. The van der Waals surface area contributed by atoms with Gasteiger partial charge in [0.05, 0.1) is 0 Å². The molecule has 5 heteroatoms. The maximum Gasteiger partial charge on any atom is 0.265 e. The fourth-order valence-electron chi connectivity index (χ4n) is 1.29. The molecule has 0 fully saturated rings. The van der Waals surface area contributed by atoms with Crippen molar-refractivity contribution in [1.82, 2.24) is 0 Å². The van der Waals surface area contributed by atoms with Crippen LogP contribution >= 0.6 is 34.8 Å². The van der Waals surface area contributed by atoms with Crippen LogP contribution in [0.4, 0.5) is 0 Å². The third-order valence-corrected chi connectivity index (χ3v) is 2.71. The lowest BCUT2D eigenvalue weighted by Gasteiger charge is -2.11. The van der Waals surface area contributed by atoms with Crippen LogP contribution in [0.15, 0.2) is 42.5 Å². The molecule has 1 N–H and O–H groups in total. The van der Waals surface area contributed by atoms with Gasteiger partial charge in [0.1, 0.15) is 6.61 Å². The Morgan fingerprint density at radius 1 is 1.17 bits per heavy atom.